The first-order valence-electron chi connectivity index (χ1n) is 8.29. The number of carbonyl (C=O) groups excluding carboxylic acids is 2. The minimum Gasteiger partial charge on any atom is -0.378 e. The van der Waals surface area contributed by atoms with Crippen LogP contribution < -0.4 is 15.1 Å². The summed E-state index contributed by atoms with van der Waals surface area (Å²) in [5, 5.41) is 2.87. The van der Waals surface area contributed by atoms with Crippen LogP contribution in [0.2, 0.25) is 0 Å². The molecule has 2 amide bonds. The molecule has 5 heteroatoms. The van der Waals surface area contributed by atoms with Crippen LogP contribution in [0, 0.1) is 6.92 Å². The van der Waals surface area contributed by atoms with Crippen LogP contribution in [-0.4, -0.2) is 32.5 Å². The normalized spacial score (nSPS) is 10.2. The molecule has 2 aromatic carbocycles. The Labute approximate surface area is 149 Å². The summed E-state index contributed by atoms with van der Waals surface area (Å²) in [7, 11) is 3.93. The Bertz CT molecular complexity index is 739. The fourth-order valence-electron chi connectivity index (χ4n) is 2.54. The number of benzene rings is 2. The molecule has 0 fully saturated rings. The molecule has 0 bridgehead atoms. The summed E-state index contributed by atoms with van der Waals surface area (Å²) < 4.78 is 0. The van der Waals surface area contributed by atoms with Crippen molar-refractivity contribution >= 4 is 28.9 Å². The summed E-state index contributed by atoms with van der Waals surface area (Å²) in [5.41, 5.74) is 3.71. The standard InChI is InChI=1S/C20H25N3O2/c1-15-6-5-7-19(14-15)23(16(2)24)13-12-20(25)21-17-8-10-18(11-9-17)22(3)4/h5-11,14H,12-13H2,1-4H3,(H,21,25). The van der Waals surface area contributed by atoms with Gasteiger partial charge in [0.1, 0.15) is 0 Å². The van der Waals surface area contributed by atoms with Gasteiger partial charge in [-0.15, -0.1) is 0 Å². The first kappa shape index (κ1) is 18.5. The summed E-state index contributed by atoms with van der Waals surface area (Å²) in [6.07, 6.45) is 0.239. The Kier molecular flexibility index (Phi) is 6.17. The number of aryl methyl sites for hydroxylation is 1. The Balaban J connectivity index is 1.96. The van der Waals surface area contributed by atoms with E-state index in [1.807, 2.05) is 74.4 Å². The molecule has 0 aliphatic heterocycles. The van der Waals surface area contributed by atoms with Crippen molar-refractivity contribution < 1.29 is 9.59 Å². The van der Waals surface area contributed by atoms with E-state index in [2.05, 4.69) is 5.32 Å². The van der Waals surface area contributed by atoms with E-state index in [4.69, 9.17) is 0 Å². The van der Waals surface area contributed by atoms with Gasteiger partial charge in [0, 0.05) is 51.0 Å². The van der Waals surface area contributed by atoms with Gasteiger partial charge in [0.15, 0.2) is 0 Å². The van der Waals surface area contributed by atoms with Gasteiger partial charge in [-0.05, 0) is 48.9 Å². The molecule has 0 saturated heterocycles. The van der Waals surface area contributed by atoms with Crippen molar-refractivity contribution in [3.05, 3.63) is 54.1 Å². The zero-order valence-electron chi connectivity index (χ0n) is 15.2. The van der Waals surface area contributed by atoms with Gasteiger partial charge in [-0.25, -0.2) is 0 Å². The lowest BCUT2D eigenvalue weighted by molar-refractivity contribution is -0.117. The highest BCUT2D eigenvalue weighted by molar-refractivity contribution is 5.94. The van der Waals surface area contributed by atoms with Crippen LogP contribution in [0.3, 0.4) is 0 Å². The van der Waals surface area contributed by atoms with Crippen molar-refractivity contribution in [1.29, 1.82) is 0 Å². The number of hydrogen-bond donors (Lipinski definition) is 1. The Hall–Kier alpha value is -2.82. The van der Waals surface area contributed by atoms with Crippen molar-refractivity contribution in [2.24, 2.45) is 0 Å². The van der Waals surface area contributed by atoms with Gasteiger partial charge in [0.2, 0.25) is 11.8 Å². The van der Waals surface area contributed by atoms with Gasteiger partial charge < -0.3 is 15.1 Å². The van der Waals surface area contributed by atoms with Crippen LogP contribution in [0.5, 0.6) is 0 Å². The van der Waals surface area contributed by atoms with Gasteiger partial charge in [-0.1, -0.05) is 12.1 Å². The van der Waals surface area contributed by atoms with Crippen LogP contribution >= 0.6 is 0 Å². The lowest BCUT2D eigenvalue weighted by atomic mass is 10.2. The van der Waals surface area contributed by atoms with Gasteiger partial charge in [-0.2, -0.15) is 0 Å². The molecule has 0 aliphatic rings. The molecule has 0 saturated carbocycles. The maximum absolute atomic E-state index is 12.2. The summed E-state index contributed by atoms with van der Waals surface area (Å²) in [4.78, 5) is 27.7. The second kappa shape index (κ2) is 8.33. The number of nitrogens with one attached hydrogen (secondary N) is 1. The van der Waals surface area contributed by atoms with Crippen molar-refractivity contribution in [2.45, 2.75) is 20.3 Å². The monoisotopic (exact) mass is 339 g/mol. The molecule has 5 nitrogen and oxygen atoms in total. The molecule has 0 aromatic heterocycles. The van der Waals surface area contributed by atoms with Gasteiger partial charge in [0.05, 0.1) is 0 Å². The van der Waals surface area contributed by atoms with E-state index in [1.54, 1.807) is 4.90 Å². The largest absolute Gasteiger partial charge is 0.378 e. The number of anilines is 3. The summed E-state index contributed by atoms with van der Waals surface area (Å²) >= 11 is 0. The number of nitrogens with zero attached hydrogens (tertiary/aromatic N) is 2. The fourth-order valence-corrected chi connectivity index (χ4v) is 2.54. The van der Waals surface area contributed by atoms with Crippen molar-refractivity contribution in [3.8, 4) is 0 Å². The highest BCUT2D eigenvalue weighted by atomic mass is 16.2. The highest BCUT2D eigenvalue weighted by Gasteiger charge is 2.13. The molecule has 0 aliphatic carbocycles. The number of hydrogen-bond acceptors (Lipinski definition) is 3. The fraction of sp³-hybridized carbons (Fsp3) is 0.300. The van der Waals surface area contributed by atoms with Crippen LogP contribution in [0.25, 0.3) is 0 Å². The highest BCUT2D eigenvalue weighted by Crippen LogP contribution is 2.18. The van der Waals surface area contributed by atoms with Crippen LogP contribution in [-0.2, 0) is 9.59 Å². The molecule has 0 spiro atoms. The molecule has 2 aromatic rings. The lowest BCUT2D eigenvalue weighted by Crippen LogP contribution is -2.32. The van der Waals surface area contributed by atoms with Crippen molar-refractivity contribution in [2.75, 3.05) is 35.8 Å². The van der Waals surface area contributed by atoms with E-state index in [9.17, 15) is 9.59 Å². The third kappa shape index (κ3) is 5.35. The lowest BCUT2D eigenvalue weighted by Gasteiger charge is -2.21. The third-order valence-electron chi connectivity index (χ3n) is 3.92. The predicted octanol–water partition coefficient (Wildman–Crippen LogP) is 3.44. The number of carbonyl (C=O) groups is 2. The van der Waals surface area contributed by atoms with E-state index < -0.39 is 0 Å². The maximum atomic E-state index is 12.2. The first-order chi connectivity index (χ1) is 11.9. The van der Waals surface area contributed by atoms with Gasteiger partial charge in [0.25, 0.3) is 0 Å². The number of rotatable bonds is 6. The van der Waals surface area contributed by atoms with Gasteiger partial charge in [-0.3, -0.25) is 9.59 Å². The molecule has 2 rings (SSSR count). The molecule has 0 atom stereocenters. The zero-order chi connectivity index (χ0) is 18.4. The third-order valence-corrected chi connectivity index (χ3v) is 3.92. The summed E-state index contributed by atoms with van der Waals surface area (Å²) in [6.45, 7) is 3.84. The predicted molar refractivity (Wildman–Crippen MR) is 103 cm³/mol. The van der Waals surface area contributed by atoms with Crippen LogP contribution in [0.15, 0.2) is 48.5 Å². The Morgan fingerprint density at radius 3 is 2.24 bits per heavy atom. The molecular formula is C20H25N3O2. The second-order valence-corrected chi connectivity index (χ2v) is 6.25. The van der Waals surface area contributed by atoms with Gasteiger partial charge >= 0.3 is 0 Å². The van der Waals surface area contributed by atoms with E-state index >= 15 is 0 Å². The second-order valence-electron chi connectivity index (χ2n) is 6.25. The van der Waals surface area contributed by atoms with E-state index in [-0.39, 0.29) is 18.2 Å². The summed E-state index contributed by atoms with van der Waals surface area (Å²) in [5.74, 6) is -0.190. The quantitative estimate of drug-likeness (QED) is 0.877. The van der Waals surface area contributed by atoms with Crippen LogP contribution in [0.1, 0.15) is 18.9 Å². The maximum Gasteiger partial charge on any atom is 0.226 e. The molecule has 25 heavy (non-hydrogen) atoms. The first-order valence-corrected chi connectivity index (χ1v) is 8.29. The topological polar surface area (TPSA) is 52.7 Å². The molecular weight excluding hydrogens is 314 g/mol. The van der Waals surface area contributed by atoms with Crippen molar-refractivity contribution in [3.63, 3.8) is 0 Å². The number of amides is 2. The molecule has 132 valence electrons. The molecule has 0 unspecified atom stereocenters. The van der Waals surface area contributed by atoms with Crippen molar-refractivity contribution in [1.82, 2.24) is 0 Å². The zero-order valence-corrected chi connectivity index (χ0v) is 15.2. The van der Waals surface area contributed by atoms with E-state index in [0.29, 0.717) is 6.54 Å². The molecule has 1 N–H and O–H groups in total. The molecule has 0 heterocycles. The minimum absolute atomic E-state index is 0.0752. The average molecular weight is 339 g/mol. The van der Waals surface area contributed by atoms with E-state index in [1.165, 1.54) is 6.92 Å². The van der Waals surface area contributed by atoms with Crippen LogP contribution in [0.4, 0.5) is 17.1 Å². The smallest absolute Gasteiger partial charge is 0.226 e. The minimum atomic E-state index is -0.114. The average Bonchev–Trinajstić information content (AvgIpc) is 2.55. The Morgan fingerprint density at radius 2 is 1.68 bits per heavy atom. The molecule has 0 radical (unpaired) electrons. The Morgan fingerprint density at radius 1 is 1.00 bits per heavy atom. The SMILES string of the molecule is CC(=O)N(CCC(=O)Nc1ccc(N(C)C)cc1)c1cccc(C)c1. The van der Waals surface area contributed by atoms with E-state index in [0.717, 1.165) is 22.6 Å². The summed E-state index contributed by atoms with van der Waals surface area (Å²) in [6, 6.07) is 15.4.